The van der Waals surface area contributed by atoms with Gasteiger partial charge in [-0.25, -0.2) is 4.98 Å². The van der Waals surface area contributed by atoms with Gasteiger partial charge in [0.2, 0.25) is 5.91 Å². The van der Waals surface area contributed by atoms with Crippen LogP contribution in [0.3, 0.4) is 0 Å². The topological polar surface area (TPSA) is 59.8 Å². The molecule has 1 saturated carbocycles. The number of hydrogen-bond acceptors (Lipinski definition) is 4. The van der Waals surface area contributed by atoms with E-state index in [1.165, 1.54) is 14.9 Å². The average Bonchev–Trinajstić information content (AvgIpc) is 3.04. The largest absolute Gasteiger partial charge is 0.302 e. The van der Waals surface area contributed by atoms with Gasteiger partial charge in [-0.2, -0.15) is 5.10 Å². The first-order chi connectivity index (χ1) is 11.6. The number of benzene rings is 1. The van der Waals surface area contributed by atoms with Gasteiger partial charge in [0.25, 0.3) is 0 Å². The summed E-state index contributed by atoms with van der Waals surface area (Å²) in [6.45, 7) is 0. The number of aromatic nitrogens is 3. The summed E-state index contributed by atoms with van der Waals surface area (Å²) in [7, 11) is 1.89. The number of carbonyl (C=O) groups excluding carboxylic acids is 1. The molecule has 4 rings (SSSR count). The normalized spacial score (nSPS) is 19.2. The Morgan fingerprint density at radius 2 is 2.17 bits per heavy atom. The number of hydrogen-bond donors (Lipinski definition) is 1. The number of thiazole rings is 1. The highest BCUT2D eigenvalue weighted by Crippen LogP contribution is 2.47. The minimum atomic E-state index is 0.0276. The zero-order valence-corrected chi connectivity index (χ0v) is 15.9. The Kier molecular flexibility index (Phi) is 4.13. The van der Waals surface area contributed by atoms with Crippen LogP contribution in [0, 0.1) is 9.49 Å². The van der Waals surface area contributed by atoms with Gasteiger partial charge in [-0.3, -0.25) is 9.48 Å². The van der Waals surface area contributed by atoms with Gasteiger partial charge in [0.1, 0.15) is 0 Å². The molecular weight excluding hydrogens is 435 g/mol. The standard InChI is InChI=1S/C17H15IN4OS/c1-22-8-11(7-19-22)13-6-14(13)16(23)21-17-20-15(9-24-17)10-2-4-12(18)5-3-10/h2-5,7-9,13-14H,6H2,1H3,(H,20,21,23). The molecule has 2 heterocycles. The van der Waals surface area contributed by atoms with Crippen LogP contribution >= 0.6 is 33.9 Å². The molecule has 2 aromatic heterocycles. The van der Waals surface area contributed by atoms with E-state index in [0.717, 1.165) is 23.2 Å². The predicted molar refractivity (Wildman–Crippen MR) is 103 cm³/mol. The van der Waals surface area contributed by atoms with Crippen molar-refractivity contribution in [1.82, 2.24) is 14.8 Å². The molecule has 5 nitrogen and oxygen atoms in total. The molecule has 1 aliphatic rings. The summed E-state index contributed by atoms with van der Waals surface area (Å²) >= 11 is 3.74. The van der Waals surface area contributed by atoms with Crippen molar-refractivity contribution < 1.29 is 4.79 Å². The van der Waals surface area contributed by atoms with Crippen molar-refractivity contribution in [3.63, 3.8) is 0 Å². The second-order valence-electron chi connectivity index (χ2n) is 5.93. The molecule has 122 valence electrons. The number of carbonyl (C=O) groups is 1. The second kappa shape index (κ2) is 6.29. The lowest BCUT2D eigenvalue weighted by atomic mass is 10.2. The zero-order valence-electron chi connectivity index (χ0n) is 12.9. The minimum absolute atomic E-state index is 0.0276. The van der Waals surface area contributed by atoms with E-state index in [0.29, 0.717) is 5.13 Å². The first kappa shape index (κ1) is 15.8. The zero-order chi connectivity index (χ0) is 16.7. The number of aryl methyl sites for hydroxylation is 1. The van der Waals surface area contributed by atoms with E-state index in [1.54, 1.807) is 4.68 Å². The fourth-order valence-corrected chi connectivity index (χ4v) is 3.85. The fraction of sp³-hybridized carbons (Fsp3) is 0.235. The average molecular weight is 450 g/mol. The van der Waals surface area contributed by atoms with E-state index in [2.05, 4.69) is 50.1 Å². The van der Waals surface area contributed by atoms with Crippen molar-refractivity contribution in [3.8, 4) is 11.3 Å². The summed E-state index contributed by atoms with van der Waals surface area (Å²) in [4.78, 5) is 16.9. The molecule has 0 saturated heterocycles. The number of rotatable bonds is 4. The van der Waals surface area contributed by atoms with E-state index in [1.807, 2.05) is 37.0 Å². The molecule has 0 spiro atoms. The molecule has 2 atom stereocenters. The molecule has 0 radical (unpaired) electrons. The Balaban J connectivity index is 1.41. The summed E-state index contributed by atoms with van der Waals surface area (Å²) < 4.78 is 2.96. The lowest BCUT2D eigenvalue weighted by Gasteiger charge is -2.00. The highest BCUT2D eigenvalue weighted by molar-refractivity contribution is 14.1. The van der Waals surface area contributed by atoms with Crippen LogP contribution in [0.5, 0.6) is 0 Å². The first-order valence-electron chi connectivity index (χ1n) is 7.61. The molecule has 1 fully saturated rings. The third-order valence-electron chi connectivity index (χ3n) is 4.15. The summed E-state index contributed by atoms with van der Waals surface area (Å²) in [5.74, 6) is 0.363. The summed E-state index contributed by atoms with van der Waals surface area (Å²) in [5, 5.41) is 9.76. The van der Waals surface area contributed by atoms with Crippen LogP contribution in [0.4, 0.5) is 5.13 Å². The Labute approximate surface area is 157 Å². The van der Waals surface area contributed by atoms with E-state index in [-0.39, 0.29) is 17.7 Å². The van der Waals surface area contributed by atoms with Crippen molar-refractivity contribution >= 4 is 45.0 Å². The van der Waals surface area contributed by atoms with Crippen LogP contribution in [-0.4, -0.2) is 20.7 Å². The van der Waals surface area contributed by atoms with Gasteiger partial charge in [0.05, 0.1) is 11.9 Å². The third kappa shape index (κ3) is 3.23. The van der Waals surface area contributed by atoms with Crippen molar-refractivity contribution in [2.75, 3.05) is 5.32 Å². The fourth-order valence-electron chi connectivity index (χ4n) is 2.77. The summed E-state index contributed by atoms with van der Waals surface area (Å²) in [5.41, 5.74) is 3.09. The van der Waals surface area contributed by atoms with Crippen LogP contribution in [0.1, 0.15) is 17.9 Å². The highest BCUT2D eigenvalue weighted by atomic mass is 127. The first-order valence-corrected chi connectivity index (χ1v) is 9.57. The quantitative estimate of drug-likeness (QED) is 0.614. The second-order valence-corrected chi connectivity index (χ2v) is 8.03. The van der Waals surface area contributed by atoms with Gasteiger partial charge in [0.15, 0.2) is 5.13 Å². The smallest absolute Gasteiger partial charge is 0.229 e. The molecule has 2 unspecified atom stereocenters. The maximum absolute atomic E-state index is 12.4. The lowest BCUT2D eigenvalue weighted by molar-refractivity contribution is -0.117. The Hall–Kier alpha value is -1.74. The molecule has 7 heteroatoms. The maximum Gasteiger partial charge on any atom is 0.229 e. The van der Waals surface area contributed by atoms with E-state index in [9.17, 15) is 4.79 Å². The van der Waals surface area contributed by atoms with Gasteiger partial charge in [-0.15, -0.1) is 11.3 Å². The molecule has 1 aliphatic carbocycles. The highest BCUT2D eigenvalue weighted by Gasteiger charge is 2.44. The molecule has 3 aromatic rings. The van der Waals surface area contributed by atoms with E-state index < -0.39 is 0 Å². The van der Waals surface area contributed by atoms with E-state index in [4.69, 9.17) is 0 Å². The van der Waals surface area contributed by atoms with Crippen LogP contribution in [0.2, 0.25) is 0 Å². The molecule has 0 bridgehead atoms. The van der Waals surface area contributed by atoms with Crippen LogP contribution in [-0.2, 0) is 11.8 Å². The minimum Gasteiger partial charge on any atom is -0.302 e. The summed E-state index contributed by atoms with van der Waals surface area (Å²) in [6.07, 6.45) is 4.71. The number of nitrogens with one attached hydrogen (secondary N) is 1. The molecule has 0 aliphatic heterocycles. The lowest BCUT2D eigenvalue weighted by Crippen LogP contribution is -2.14. The molecule has 1 amide bonds. The van der Waals surface area contributed by atoms with Crippen LogP contribution < -0.4 is 5.32 Å². The molecule has 1 N–H and O–H groups in total. The third-order valence-corrected chi connectivity index (χ3v) is 5.63. The maximum atomic E-state index is 12.4. The van der Waals surface area contributed by atoms with Crippen molar-refractivity contribution in [1.29, 1.82) is 0 Å². The van der Waals surface area contributed by atoms with Gasteiger partial charge >= 0.3 is 0 Å². The van der Waals surface area contributed by atoms with Crippen molar-refractivity contribution in [2.24, 2.45) is 13.0 Å². The Morgan fingerprint density at radius 3 is 2.88 bits per heavy atom. The van der Waals surface area contributed by atoms with Crippen molar-refractivity contribution in [2.45, 2.75) is 12.3 Å². The molecular formula is C17H15IN4OS. The van der Waals surface area contributed by atoms with E-state index >= 15 is 0 Å². The number of nitrogens with zero attached hydrogens (tertiary/aromatic N) is 3. The number of amides is 1. The van der Waals surface area contributed by atoms with Gasteiger partial charge < -0.3 is 5.32 Å². The van der Waals surface area contributed by atoms with Crippen LogP contribution in [0.15, 0.2) is 42.0 Å². The molecule has 1 aromatic carbocycles. The van der Waals surface area contributed by atoms with Gasteiger partial charge in [0, 0.05) is 33.7 Å². The predicted octanol–water partition coefficient (Wildman–Crippen LogP) is 3.89. The van der Waals surface area contributed by atoms with Gasteiger partial charge in [-0.1, -0.05) is 12.1 Å². The SMILES string of the molecule is Cn1cc(C2CC2C(=O)Nc2nc(-c3ccc(I)cc3)cs2)cn1. The monoisotopic (exact) mass is 450 g/mol. The van der Waals surface area contributed by atoms with Crippen molar-refractivity contribution in [3.05, 3.63) is 51.2 Å². The summed E-state index contributed by atoms with van der Waals surface area (Å²) in [6, 6.07) is 8.19. The van der Waals surface area contributed by atoms with Crippen LogP contribution in [0.25, 0.3) is 11.3 Å². The Morgan fingerprint density at radius 1 is 1.38 bits per heavy atom. The molecule has 24 heavy (non-hydrogen) atoms. The Bertz CT molecular complexity index is 886. The van der Waals surface area contributed by atoms with Gasteiger partial charge in [-0.05, 0) is 52.6 Å². The number of halogens is 1. The number of anilines is 1.